The smallest absolute Gasteiger partial charge is 0.337 e. The van der Waals surface area contributed by atoms with Crippen molar-refractivity contribution in [3.63, 3.8) is 0 Å². The van der Waals surface area contributed by atoms with Crippen molar-refractivity contribution in [3.05, 3.63) is 28.8 Å². The fourth-order valence-corrected chi connectivity index (χ4v) is 1.52. The highest BCUT2D eigenvalue weighted by molar-refractivity contribution is 6.34. The van der Waals surface area contributed by atoms with E-state index in [1.165, 1.54) is 18.2 Å². The molecule has 0 aliphatic carbocycles. The molecule has 0 unspecified atom stereocenters. The third-order valence-electron chi connectivity index (χ3n) is 2.12. The van der Waals surface area contributed by atoms with Crippen LogP contribution in [0.5, 0.6) is 0 Å². The van der Waals surface area contributed by atoms with E-state index in [1.54, 1.807) is 0 Å². The molecule has 1 rings (SSSR count). The predicted molar refractivity (Wildman–Crippen MR) is 65.3 cm³/mol. The predicted octanol–water partition coefficient (Wildman–Crippen LogP) is 1.72. The minimum atomic E-state index is -1.14. The third kappa shape index (κ3) is 3.72. The number of hydrogen-bond donors (Lipinski definition) is 3. The summed E-state index contributed by atoms with van der Waals surface area (Å²) in [5, 5.41) is 11.6. The molecule has 0 aliphatic heterocycles. The van der Waals surface area contributed by atoms with Crippen molar-refractivity contribution in [1.82, 2.24) is 0 Å². The molecular weight excluding hydrogens is 244 g/mol. The molecule has 6 heteroatoms. The average molecular weight is 257 g/mol. The lowest BCUT2D eigenvalue weighted by Crippen LogP contribution is -2.16. The van der Waals surface area contributed by atoms with Crippen LogP contribution >= 0.6 is 11.6 Å². The molecule has 92 valence electrons. The monoisotopic (exact) mass is 256 g/mol. The Morgan fingerprint density at radius 1 is 1.41 bits per heavy atom. The Morgan fingerprint density at radius 2 is 2.12 bits per heavy atom. The molecule has 0 atom stereocenters. The number of anilines is 1. The van der Waals surface area contributed by atoms with Crippen molar-refractivity contribution >= 4 is 29.2 Å². The second-order valence-corrected chi connectivity index (χ2v) is 3.82. The van der Waals surface area contributed by atoms with Gasteiger partial charge in [0.15, 0.2) is 0 Å². The van der Waals surface area contributed by atoms with Gasteiger partial charge in [-0.2, -0.15) is 0 Å². The van der Waals surface area contributed by atoms with Crippen LogP contribution in [-0.4, -0.2) is 23.5 Å². The Hall–Kier alpha value is -1.59. The number of hydrogen-bond acceptors (Lipinski definition) is 3. The van der Waals surface area contributed by atoms with Crippen molar-refractivity contribution in [2.75, 3.05) is 11.9 Å². The number of nitrogens with one attached hydrogen (secondary N) is 1. The van der Waals surface area contributed by atoms with Crippen LogP contribution in [0.1, 0.15) is 23.2 Å². The topological polar surface area (TPSA) is 92.4 Å². The van der Waals surface area contributed by atoms with Crippen LogP contribution in [0, 0.1) is 0 Å². The highest BCUT2D eigenvalue weighted by atomic mass is 35.5. The fraction of sp³-hybridized carbons (Fsp3) is 0.273. The summed E-state index contributed by atoms with van der Waals surface area (Å²) in [6.07, 6.45) is 0.777. The van der Waals surface area contributed by atoms with Gasteiger partial charge in [0.25, 0.3) is 0 Å². The average Bonchev–Trinajstić information content (AvgIpc) is 2.28. The van der Waals surface area contributed by atoms with Crippen LogP contribution in [0.15, 0.2) is 18.2 Å². The summed E-state index contributed by atoms with van der Waals surface area (Å²) in [5.74, 6) is -1.44. The first kappa shape index (κ1) is 13.5. The Labute approximate surface area is 104 Å². The highest BCUT2D eigenvalue weighted by Crippen LogP contribution is 2.26. The molecular formula is C11H13ClN2O3. The van der Waals surface area contributed by atoms with Gasteiger partial charge in [-0.05, 0) is 25.1 Å². The van der Waals surface area contributed by atoms with E-state index in [1.807, 2.05) is 0 Å². The molecule has 0 aromatic heterocycles. The number of carboxylic acid groups (broad SMARTS) is 1. The van der Waals surface area contributed by atoms with E-state index in [0.717, 1.165) is 0 Å². The van der Waals surface area contributed by atoms with Crippen LogP contribution in [0.3, 0.4) is 0 Å². The van der Waals surface area contributed by atoms with Crippen molar-refractivity contribution < 1.29 is 14.7 Å². The largest absolute Gasteiger partial charge is 0.478 e. The number of benzene rings is 1. The lowest BCUT2D eigenvalue weighted by atomic mass is 10.1. The van der Waals surface area contributed by atoms with Crippen LogP contribution in [0.4, 0.5) is 5.69 Å². The number of aromatic carboxylic acids is 1. The number of carboxylic acids is 1. The molecule has 17 heavy (non-hydrogen) atoms. The number of rotatable bonds is 5. The van der Waals surface area contributed by atoms with E-state index in [0.29, 0.717) is 13.0 Å². The molecule has 1 amide bonds. The maximum absolute atomic E-state index is 11.5. The van der Waals surface area contributed by atoms with Crippen LogP contribution < -0.4 is 11.1 Å². The summed E-state index contributed by atoms with van der Waals surface area (Å²) in [6.45, 7) is 0.404. The van der Waals surface area contributed by atoms with E-state index < -0.39 is 5.97 Å². The Bertz CT molecular complexity index is 435. The minimum Gasteiger partial charge on any atom is -0.478 e. The molecule has 0 aliphatic rings. The second kappa shape index (κ2) is 6.22. The van der Waals surface area contributed by atoms with E-state index >= 15 is 0 Å². The normalized spacial score (nSPS) is 10.0. The lowest BCUT2D eigenvalue weighted by molar-refractivity contribution is -0.116. The van der Waals surface area contributed by atoms with Gasteiger partial charge in [-0.1, -0.05) is 17.7 Å². The molecule has 0 spiro atoms. The number of amides is 1. The van der Waals surface area contributed by atoms with E-state index in [9.17, 15) is 9.59 Å². The van der Waals surface area contributed by atoms with Gasteiger partial charge in [0.2, 0.25) is 5.91 Å². The van der Waals surface area contributed by atoms with Gasteiger partial charge in [0.1, 0.15) is 0 Å². The standard InChI is InChI=1S/C11H13ClN2O3/c12-8-4-1-3-7(11(16)17)10(8)14-9(15)5-2-6-13/h1,3-4H,2,5-6,13H2,(H,14,15)(H,16,17). The molecule has 1 aromatic rings. The van der Waals surface area contributed by atoms with E-state index in [2.05, 4.69) is 5.32 Å². The van der Waals surface area contributed by atoms with Gasteiger partial charge < -0.3 is 16.2 Å². The van der Waals surface area contributed by atoms with Gasteiger partial charge in [-0.15, -0.1) is 0 Å². The van der Waals surface area contributed by atoms with Crippen molar-refractivity contribution in [1.29, 1.82) is 0 Å². The van der Waals surface area contributed by atoms with Crippen molar-refractivity contribution in [2.45, 2.75) is 12.8 Å². The Balaban J connectivity index is 2.89. The first-order valence-electron chi connectivity index (χ1n) is 5.08. The molecule has 4 N–H and O–H groups in total. The number of carbonyl (C=O) groups is 2. The zero-order valence-corrected chi connectivity index (χ0v) is 9.83. The molecule has 0 fully saturated rings. The Morgan fingerprint density at radius 3 is 2.71 bits per heavy atom. The fourth-order valence-electron chi connectivity index (χ4n) is 1.29. The maximum atomic E-state index is 11.5. The number of carbonyl (C=O) groups excluding carboxylic acids is 1. The summed E-state index contributed by atoms with van der Waals surface area (Å²) in [4.78, 5) is 22.4. The lowest BCUT2D eigenvalue weighted by Gasteiger charge is -2.09. The summed E-state index contributed by atoms with van der Waals surface area (Å²) >= 11 is 5.85. The number of nitrogens with two attached hydrogens (primary N) is 1. The zero-order valence-electron chi connectivity index (χ0n) is 9.07. The van der Waals surface area contributed by atoms with E-state index in [4.69, 9.17) is 22.4 Å². The highest BCUT2D eigenvalue weighted by Gasteiger charge is 2.14. The zero-order chi connectivity index (χ0) is 12.8. The summed E-state index contributed by atoms with van der Waals surface area (Å²) in [5.41, 5.74) is 5.38. The molecule has 0 saturated heterocycles. The SMILES string of the molecule is NCCCC(=O)Nc1c(Cl)cccc1C(=O)O. The molecule has 0 saturated carbocycles. The summed E-state index contributed by atoms with van der Waals surface area (Å²) in [6, 6.07) is 4.42. The first-order chi connectivity index (χ1) is 8.06. The third-order valence-corrected chi connectivity index (χ3v) is 2.43. The quantitative estimate of drug-likeness (QED) is 0.748. The molecule has 0 bridgehead atoms. The van der Waals surface area contributed by atoms with Crippen LogP contribution in [0.2, 0.25) is 5.02 Å². The number of para-hydroxylation sites is 1. The molecule has 5 nitrogen and oxygen atoms in total. The minimum absolute atomic E-state index is 0.0291. The summed E-state index contributed by atoms with van der Waals surface area (Å²) in [7, 11) is 0. The van der Waals surface area contributed by atoms with Crippen LogP contribution in [0.25, 0.3) is 0 Å². The van der Waals surface area contributed by atoms with Crippen LogP contribution in [-0.2, 0) is 4.79 Å². The first-order valence-corrected chi connectivity index (χ1v) is 5.45. The maximum Gasteiger partial charge on any atom is 0.337 e. The van der Waals surface area contributed by atoms with Gasteiger partial charge >= 0.3 is 5.97 Å². The number of halogens is 1. The molecule has 1 aromatic carbocycles. The van der Waals surface area contributed by atoms with E-state index in [-0.39, 0.29) is 28.6 Å². The van der Waals surface area contributed by atoms with Gasteiger partial charge in [0, 0.05) is 6.42 Å². The second-order valence-electron chi connectivity index (χ2n) is 3.41. The van der Waals surface area contributed by atoms with Crippen molar-refractivity contribution in [3.8, 4) is 0 Å². The van der Waals surface area contributed by atoms with Gasteiger partial charge in [0.05, 0.1) is 16.3 Å². The Kier molecular flexibility index (Phi) is 4.93. The summed E-state index contributed by atoms with van der Waals surface area (Å²) < 4.78 is 0. The van der Waals surface area contributed by atoms with Gasteiger partial charge in [-0.25, -0.2) is 4.79 Å². The molecule has 0 radical (unpaired) electrons. The van der Waals surface area contributed by atoms with Crippen molar-refractivity contribution in [2.24, 2.45) is 5.73 Å². The molecule has 0 heterocycles. The van der Waals surface area contributed by atoms with Gasteiger partial charge in [-0.3, -0.25) is 4.79 Å².